The molecule has 0 atom stereocenters. The molecule has 1 aliphatic rings. The first kappa shape index (κ1) is 12.3. The summed E-state index contributed by atoms with van der Waals surface area (Å²) < 4.78 is 0.679. The highest BCUT2D eigenvalue weighted by Gasteiger charge is 2.41. The Bertz CT molecular complexity index is 446. The van der Waals surface area contributed by atoms with E-state index in [9.17, 15) is 15.2 Å². The number of hydrogen-bond acceptors (Lipinski definition) is 4. The van der Waals surface area contributed by atoms with Crippen molar-refractivity contribution in [2.24, 2.45) is 5.41 Å². The van der Waals surface area contributed by atoms with Crippen LogP contribution in [-0.4, -0.2) is 23.2 Å². The molecule has 5 nitrogen and oxygen atoms in total. The van der Waals surface area contributed by atoms with E-state index in [1.165, 1.54) is 6.07 Å². The molecule has 0 aliphatic heterocycles. The van der Waals surface area contributed by atoms with Crippen LogP contribution < -0.4 is 5.32 Å². The van der Waals surface area contributed by atoms with Crippen molar-refractivity contribution in [2.75, 3.05) is 18.5 Å². The number of rotatable bonds is 5. The molecule has 0 heterocycles. The number of halogens is 1. The Hall–Kier alpha value is -1.14. The van der Waals surface area contributed by atoms with Gasteiger partial charge >= 0.3 is 0 Å². The lowest BCUT2D eigenvalue weighted by Gasteiger charge is -2.13. The molecular weight excluding hydrogens is 288 g/mol. The predicted octanol–water partition coefficient (Wildman–Crippen LogP) is 2.54. The Morgan fingerprint density at radius 2 is 2.24 bits per heavy atom. The van der Waals surface area contributed by atoms with E-state index in [2.05, 4.69) is 21.2 Å². The Morgan fingerprint density at radius 1 is 1.53 bits per heavy atom. The summed E-state index contributed by atoms with van der Waals surface area (Å²) in [6.45, 7) is 0.705. The van der Waals surface area contributed by atoms with E-state index in [0.29, 0.717) is 16.7 Å². The van der Waals surface area contributed by atoms with Crippen LogP contribution in [0.2, 0.25) is 0 Å². The van der Waals surface area contributed by atoms with Crippen LogP contribution in [0.5, 0.6) is 0 Å². The number of nitro benzene ring substituents is 1. The molecule has 1 aliphatic carbocycles. The Morgan fingerprint density at radius 3 is 2.76 bits per heavy atom. The topological polar surface area (TPSA) is 75.4 Å². The summed E-state index contributed by atoms with van der Waals surface area (Å²) in [5.41, 5.74) is 0.479. The zero-order chi connectivity index (χ0) is 12.5. The number of anilines is 1. The minimum atomic E-state index is -0.411. The van der Waals surface area contributed by atoms with Gasteiger partial charge in [0.05, 0.1) is 11.5 Å². The third-order valence-electron chi connectivity index (χ3n) is 3.10. The van der Waals surface area contributed by atoms with Crippen molar-refractivity contribution in [1.29, 1.82) is 0 Å². The highest BCUT2D eigenvalue weighted by Crippen LogP contribution is 2.45. The van der Waals surface area contributed by atoms with Gasteiger partial charge in [-0.05, 0) is 25.0 Å². The molecule has 2 N–H and O–H groups in total. The van der Waals surface area contributed by atoms with E-state index in [1.807, 2.05) is 0 Å². The van der Waals surface area contributed by atoms with Gasteiger partial charge in [-0.1, -0.05) is 15.9 Å². The van der Waals surface area contributed by atoms with Gasteiger partial charge in [0, 0.05) is 22.5 Å². The van der Waals surface area contributed by atoms with Crippen LogP contribution in [-0.2, 0) is 0 Å². The fourth-order valence-electron chi connectivity index (χ4n) is 1.66. The molecule has 6 heteroatoms. The summed E-state index contributed by atoms with van der Waals surface area (Å²) in [7, 11) is 0. The van der Waals surface area contributed by atoms with E-state index in [-0.39, 0.29) is 17.7 Å². The minimum Gasteiger partial charge on any atom is -0.396 e. The van der Waals surface area contributed by atoms with Gasteiger partial charge < -0.3 is 10.4 Å². The first-order valence-electron chi connectivity index (χ1n) is 5.35. The zero-order valence-corrected chi connectivity index (χ0v) is 10.7. The Kier molecular flexibility index (Phi) is 3.35. The highest BCUT2D eigenvalue weighted by molar-refractivity contribution is 9.10. The first-order chi connectivity index (χ1) is 8.06. The quantitative estimate of drug-likeness (QED) is 0.647. The number of nitrogens with one attached hydrogen (secondary N) is 1. The fourth-order valence-corrected chi connectivity index (χ4v) is 2.00. The molecule has 0 unspecified atom stereocenters. The summed E-state index contributed by atoms with van der Waals surface area (Å²) in [5.74, 6) is 0. The van der Waals surface area contributed by atoms with Crippen molar-refractivity contribution in [3.63, 3.8) is 0 Å². The van der Waals surface area contributed by atoms with Crippen LogP contribution in [0.3, 0.4) is 0 Å². The molecule has 1 fully saturated rings. The maximum Gasteiger partial charge on any atom is 0.293 e. The van der Waals surface area contributed by atoms with Gasteiger partial charge in [0.2, 0.25) is 0 Å². The van der Waals surface area contributed by atoms with E-state index in [4.69, 9.17) is 0 Å². The lowest BCUT2D eigenvalue weighted by atomic mass is 10.1. The minimum absolute atomic E-state index is 0.0492. The maximum absolute atomic E-state index is 10.9. The number of aliphatic hydroxyl groups excluding tert-OH is 1. The zero-order valence-electron chi connectivity index (χ0n) is 9.15. The molecule has 1 saturated carbocycles. The van der Waals surface area contributed by atoms with Crippen LogP contribution in [0, 0.1) is 15.5 Å². The fraction of sp³-hybridized carbons (Fsp3) is 0.455. The van der Waals surface area contributed by atoms with E-state index in [0.717, 1.165) is 12.8 Å². The molecule has 92 valence electrons. The van der Waals surface area contributed by atoms with Gasteiger partial charge in [0.1, 0.15) is 5.69 Å². The smallest absolute Gasteiger partial charge is 0.293 e. The van der Waals surface area contributed by atoms with Crippen molar-refractivity contribution >= 4 is 27.3 Å². The largest absolute Gasteiger partial charge is 0.396 e. The van der Waals surface area contributed by atoms with Gasteiger partial charge in [-0.15, -0.1) is 0 Å². The summed E-state index contributed by atoms with van der Waals surface area (Å²) in [6.07, 6.45) is 1.95. The number of benzene rings is 1. The van der Waals surface area contributed by atoms with E-state index < -0.39 is 4.92 Å². The lowest BCUT2D eigenvalue weighted by Crippen LogP contribution is -2.19. The SMILES string of the molecule is O=[N+]([O-])c1cc(Br)ccc1NCC1(CO)CC1. The molecule has 0 spiro atoms. The molecule has 17 heavy (non-hydrogen) atoms. The molecule has 0 bridgehead atoms. The lowest BCUT2D eigenvalue weighted by molar-refractivity contribution is -0.384. The van der Waals surface area contributed by atoms with Crippen LogP contribution >= 0.6 is 15.9 Å². The molecule has 0 saturated heterocycles. The van der Waals surface area contributed by atoms with Crippen LogP contribution in [0.1, 0.15) is 12.8 Å². The predicted molar refractivity (Wildman–Crippen MR) is 68.0 cm³/mol. The van der Waals surface area contributed by atoms with Crippen LogP contribution in [0.25, 0.3) is 0 Å². The molecule has 0 aromatic heterocycles. The van der Waals surface area contributed by atoms with E-state index >= 15 is 0 Å². The molecule has 1 aromatic carbocycles. The second kappa shape index (κ2) is 4.62. The average Bonchev–Trinajstić information content (AvgIpc) is 3.08. The number of nitro groups is 1. The Balaban J connectivity index is 2.12. The van der Waals surface area contributed by atoms with Gasteiger partial charge in [0.25, 0.3) is 5.69 Å². The van der Waals surface area contributed by atoms with Gasteiger partial charge in [-0.2, -0.15) is 0 Å². The van der Waals surface area contributed by atoms with Crippen LogP contribution in [0.4, 0.5) is 11.4 Å². The van der Waals surface area contributed by atoms with Gasteiger partial charge in [-0.25, -0.2) is 0 Å². The normalized spacial score (nSPS) is 16.6. The number of aliphatic hydroxyl groups is 1. The van der Waals surface area contributed by atoms with Crippen molar-refractivity contribution < 1.29 is 10.0 Å². The summed E-state index contributed by atoms with van der Waals surface area (Å²) in [6, 6.07) is 4.91. The van der Waals surface area contributed by atoms with Crippen LogP contribution in [0.15, 0.2) is 22.7 Å². The monoisotopic (exact) mass is 300 g/mol. The van der Waals surface area contributed by atoms with Crippen molar-refractivity contribution in [3.05, 3.63) is 32.8 Å². The number of hydrogen-bond donors (Lipinski definition) is 2. The second-order valence-electron chi connectivity index (χ2n) is 4.43. The molecule has 0 radical (unpaired) electrons. The Labute approximate surface area is 107 Å². The van der Waals surface area contributed by atoms with Gasteiger partial charge in [-0.3, -0.25) is 10.1 Å². The summed E-state index contributed by atoms with van der Waals surface area (Å²) in [5, 5.41) is 23.1. The molecule has 2 rings (SSSR count). The standard InChI is InChI=1S/C11H13BrN2O3/c12-8-1-2-9(10(5-8)14(16)17)13-6-11(7-15)3-4-11/h1-2,5,13,15H,3-4,6-7H2. The molecular formula is C11H13BrN2O3. The second-order valence-corrected chi connectivity index (χ2v) is 5.35. The summed E-state index contributed by atoms with van der Waals surface area (Å²) in [4.78, 5) is 10.5. The summed E-state index contributed by atoms with van der Waals surface area (Å²) >= 11 is 3.21. The first-order valence-corrected chi connectivity index (χ1v) is 6.14. The van der Waals surface area contributed by atoms with E-state index in [1.54, 1.807) is 12.1 Å². The number of nitrogens with zero attached hydrogens (tertiary/aromatic N) is 1. The maximum atomic E-state index is 10.9. The average molecular weight is 301 g/mol. The van der Waals surface area contributed by atoms with Crippen molar-refractivity contribution in [2.45, 2.75) is 12.8 Å². The third kappa shape index (κ3) is 2.76. The highest BCUT2D eigenvalue weighted by atomic mass is 79.9. The molecule has 1 aromatic rings. The van der Waals surface area contributed by atoms with Crippen molar-refractivity contribution in [1.82, 2.24) is 0 Å². The molecule has 0 amide bonds. The van der Waals surface area contributed by atoms with Crippen molar-refractivity contribution in [3.8, 4) is 0 Å². The van der Waals surface area contributed by atoms with Gasteiger partial charge in [0.15, 0.2) is 0 Å². The third-order valence-corrected chi connectivity index (χ3v) is 3.60.